The Bertz CT molecular complexity index is 1840. The molecular weight excluding hydrogens is 625 g/mol. The number of carbonyl (C=O) groups is 3. The molecule has 5 N–H and O–H groups in total. The number of para-hydroxylation sites is 1. The molecule has 0 aliphatic rings. The molecule has 0 fully saturated rings. The first kappa shape index (κ1) is 34.3. The summed E-state index contributed by atoms with van der Waals surface area (Å²) >= 11 is 1.34. The van der Waals surface area contributed by atoms with Gasteiger partial charge in [-0.3, -0.25) is 14.4 Å². The van der Waals surface area contributed by atoms with Gasteiger partial charge in [-0.05, 0) is 57.0 Å². The van der Waals surface area contributed by atoms with E-state index < -0.39 is 35.5 Å². The molecule has 0 aliphatic carbocycles. The molecular formula is C37H40N6O4S. The highest BCUT2D eigenvalue weighted by molar-refractivity contribution is 7.99. The van der Waals surface area contributed by atoms with E-state index in [0.29, 0.717) is 23.2 Å². The molecule has 0 saturated carbocycles. The lowest BCUT2D eigenvalue weighted by Gasteiger charge is -2.27. The molecule has 2 heterocycles. The van der Waals surface area contributed by atoms with Gasteiger partial charge >= 0.3 is 0 Å². The number of amides is 3. The lowest BCUT2D eigenvalue weighted by atomic mass is 10.0. The fraction of sp³-hybridized carbons (Fsp3) is 0.270. The largest absolute Gasteiger partial charge is 0.390 e. The number of benzene rings is 3. The van der Waals surface area contributed by atoms with Crippen LogP contribution in [-0.2, 0) is 17.6 Å². The van der Waals surface area contributed by atoms with Crippen molar-refractivity contribution in [2.75, 3.05) is 5.75 Å². The molecule has 0 spiro atoms. The second-order valence-electron chi connectivity index (χ2n) is 12.6. The molecule has 3 aromatic carbocycles. The van der Waals surface area contributed by atoms with Crippen molar-refractivity contribution in [3.8, 4) is 0 Å². The van der Waals surface area contributed by atoms with Gasteiger partial charge in [-0.1, -0.05) is 66.7 Å². The summed E-state index contributed by atoms with van der Waals surface area (Å²) in [6.07, 6.45) is 2.60. The monoisotopic (exact) mass is 664 g/mol. The van der Waals surface area contributed by atoms with E-state index in [1.165, 1.54) is 18.1 Å². The van der Waals surface area contributed by atoms with Crippen molar-refractivity contribution in [2.45, 2.75) is 62.2 Å². The van der Waals surface area contributed by atoms with Crippen molar-refractivity contribution in [3.63, 3.8) is 0 Å². The number of rotatable bonds is 13. The van der Waals surface area contributed by atoms with Crippen LogP contribution in [0.1, 0.15) is 52.9 Å². The van der Waals surface area contributed by atoms with Crippen LogP contribution in [0.5, 0.6) is 0 Å². The number of carbonyl (C=O) groups excluding carboxylic acids is 3. The summed E-state index contributed by atoms with van der Waals surface area (Å²) in [6.45, 7) is 5.75. The zero-order chi connectivity index (χ0) is 34.1. The molecule has 0 radical (unpaired) electrons. The van der Waals surface area contributed by atoms with Crippen LogP contribution < -0.4 is 16.0 Å². The number of hydrogen-bond acceptors (Lipinski definition) is 7. The third kappa shape index (κ3) is 9.52. The van der Waals surface area contributed by atoms with Crippen LogP contribution in [0.4, 0.5) is 0 Å². The smallest absolute Gasteiger partial charge is 0.270 e. The molecule has 10 nitrogen and oxygen atoms in total. The maximum Gasteiger partial charge on any atom is 0.270 e. The van der Waals surface area contributed by atoms with E-state index in [1.807, 2.05) is 93.6 Å². The van der Waals surface area contributed by atoms with Crippen LogP contribution in [0, 0.1) is 0 Å². The molecule has 3 amide bonds. The van der Waals surface area contributed by atoms with Gasteiger partial charge in [0.2, 0.25) is 5.91 Å². The highest BCUT2D eigenvalue weighted by atomic mass is 32.2. The van der Waals surface area contributed by atoms with E-state index in [1.54, 1.807) is 24.4 Å². The van der Waals surface area contributed by atoms with Gasteiger partial charge in [0.15, 0.2) is 0 Å². The number of H-pyrrole nitrogens is 1. The van der Waals surface area contributed by atoms with Gasteiger partial charge in [0.1, 0.15) is 11.7 Å². The molecule has 0 bridgehead atoms. The van der Waals surface area contributed by atoms with E-state index >= 15 is 0 Å². The molecule has 5 rings (SSSR count). The quantitative estimate of drug-likeness (QED) is 0.115. The minimum absolute atomic E-state index is 0.143. The van der Waals surface area contributed by atoms with E-state index in [-0.39, 0.29) is 23.8 Å². The summed E-state index contributed by atoms with van der Waals surface area (Å²) in [5.74, 6) is -0.960. The van der Waals surface area contributed by atoms with Crippen LogP contribution in [-0.4, -0.2) is 67.3 Å². The number of aliphatic hydroxyl groups excluding tert-OH is 1. The maximum atomic E-state index is 14.0. The lowest BCUT2D eigenvalue weighted by Crippen LogP contribution is -2.54. The Morgan fingerprint density at radius 1 is 0.854 bits per heavy atom. The number of hydrogen-bond donors (Lipinski definition) is 5. The summed E-state index contributed by atoms with van der Waals surface area (Å²) in [5, 5.41) is 21.3. The van der Waals surface area contributed by atoms with Gasteiger partial charge in [-0.2, -0.15) is 0 Å². The number of aliphatic hydroxyl groups is 1. The van der Waals surface area contributed by atoms with Crippen molar-refractivity contribution < 1.29 is 19.5 Å². The Morgan fingerprint density at radius 2 is 1.58 bits per heavy atom. The second-order valence-corrected chi connectivity index (χ2v) is 13.6. The van der Waals surface area contributed by atoms with Gasteiger partial charge in [0.05, 0.1) is 29.6 Å². The molecule has 3 atom stereocenters. The molecule has 5 aromatic rings. The Kier molecular flexibility index (Phi) is 11.3. The average Bonchev–Trinajstić information content (AvgIpc) is 3.59. The Labute approximate surface area is 284 Å². The Hall–Kier alpha value is -5.00. The number of aromatic nitrogens is 3. The molecule has 0 saturated heterocycles. The number of imidazole rings is 1. The Morgan fingerprint density at radius 3 is 2.33 bits per heavy atom. The topological polar surface area (TPSA) is 149 Å². The van der Waals surface area contributed by atoms with Crippen LogP contribution in [0.2, 0.25) is 0 Å². The number of nitrogens with zero attached hydrogens (tertiary/aromatic N) is 2. The molecule has 248 valence electrons. The number of nitrogens with one attached hydrogen (secondary N) is 4. The maximum absolute atomic E-state index is 14.0. The third-order valence-electron chi connectivity index (χ3n) is 7.55. The van der Waals surface area contributed by atoms with Crippen LogP contribution in [0.15, 0.2) is 108 Å². The van der Waals surface area contributed by atoms with Gasteiger partial charge in [-0.15, -0.1) is 11.8 Å². The van der Waals surface area contributed by atoms with Crippen LogP contribution >= 0.6 is 11.8 Å². The standard InChI is InChI=1S/C37H40N6O4S/c1-37(2,3)43-34(45)27-14-8-10-16-33(27)48-22-32(44)30(19-24-11-5-4-6-12-24)41-36(47)31(20-26-21-38-23-39-26)42-35(46)29-18-17-25-13-7-9-15-28(25)40-29/h4-18,21,23,30-32,44H,19-20,22H2,1-3H3,(H,38,39)(H,41,47)(H,42,46)(H,43,45)/t30-,31-,32+/m0/s1. The highest BCUT2D eigenvalue weighted by Gasteiger charge is 2.29. The number of fused-ring (bicyclic) bond motifs is 1. The predicted octanol–water partition coefficient (Wildman–Crippen LogP) is 4.71. The van der Waals surface area contributed by atoms with Crippen molar-refractivity contribution >= 4 is 40.4 Å². The summed E-state index contributed by atoms with van der Waals surface area (Å²) in [4.78, 5) is 52.6. The van der Waals surface area contributed by atoms with E-state index in [2.05, 4.69) is 30.9 Å². The van der Waals surface area contributed by atoms with Crippen molar-refractivity contribution in [1.29, 1.82) is 0 Å². The van der Waals surface area contributed by atoms with Gasteiger partial charge < -0.3 is 26.0 Å². The normalized spacial score (nSPS) is 13.3. The van der Waals surface area contributed by atoms with Crippen molar-refractivity contribution in [3.05, 3.63) is 126 Å². The molecule has 0 aliphatic heterocycles. The van der Waals surface area contributed by atoms with E-state index in [9.17, 15) is 19.5 Å². The first-order chi connectivity index (χ1) is 23.1. The van der Waals surface area contributed by atoms with Gasteiger partial charge in [-0.25, -0.2) is 9.97 Å². The predicted molar refractivity (Wildman–Crippen MR) is 188 cm³/mol. The van der Waals surface area contributed by atoms with Crippen LogP contribution in [0.3, 0.4) is 0 Å². The van der Waals surface area contributed by atoms with Crippen LogP contribution in [0.25, 0.3) is 10.9 Å². The highest BCUT2D eigenvalue weighted by Crippen LogP contribution is 2.25. The Balaban J connectivity index is 1.34. The van der Waals surface area contributed by atoms with Crippen molar-refractivity contribution in [1.82, 2.24) is 30.9 Å². The van der Waals surface area contributed by atoms with Gasteiger partial charge in [0, 0.05) is 39.9 Å². The average molecular weight is 665 g/mol. The number of aromatic amines is 1. The van der Waals surface area contributed by atoms with E-state index in [0.717, 1.165) is 15.8 Å². The minimum atomic E-state index is -0.997. The minimum Gasteiger partial charge on any atom is -0.390 e. The number of pyridine rings is 1. The summed E-state index contributed by atoms with van der Waals surface area (Å²) < 4.78 is 0. The third-order valence-corrected chi connectivity index (χ3v) is 8.73. The fourth-order valence-corrected chi connectivity index (χ4v) is 6.24. The lowest BCUT2D eigenvalue weighted by molar-refractivity contribution is -0.124. The first-order valence-electron chi connectivity index (χ1n) is 15.8. The fourth-order valence-electron chi connectivity index (χ4n) is 5.16. The zero-order valence-corrected chi connectivity index (χ0v) is 28.0. The molecule has 2 aromatic heterocycles. The second kappa shape index (κ2) is 15.7. The summed E-state index contributed by atoms with van der Waals surface area (Å²) in [7, 11) is 0. The molecule has 0 unspecified atom stereocenters. The summed E-state index contributed by atoms with van der Waals surface area (Å²) in [5.41, 5.74) is 2.53. The molecule has 48 heavy (non-hydrogen) atoms. The zero-order valence-electron chi connectivity index (χ0n) is 27.1. The van der Waals surface area contributed by atoms with E-state index in [4.69, 9.17) is 0 Å². The van der Waals surface area contributed by atoms with Crippen molar-refractivity contribution in [2.24, 2.45) is 0 Å². The first-order valence-corrected chi connectivity index (χ1v) is 16.7. The number of thioether (sulfide) groups is 1. The SMILES string of the molecule is CC(C)(C)NC(=O)c1ccccc1SC[C@@H](O)[C@H](Cc1ccccc1)NC(=O)[C@H](Cc1cnc[nH]1)NC(=O)c1ccc2ccccc2n1. The summed E-state index contributed by atoms with van der Waals surface area (Å²) in [6, 6.07) is 26.0. The molecule has 11 heteroatoms. The van der Waals surface area contributed by atoms with Gasteiger partial charge in [0.25, 0.3) is 11.8 Å².